The summed E-state index contributed by atoms with van der Waals surface area (Å²) >= 11 is 1.44. The van der Waals surface area contributed by atoms with Crippen LogP contribution in [0, 0.1) is 0 Å². The number of aromatic nitrogens is 1. The molecule has 0 saturated heterocycles. The van der Waals surface area contributed by atoms with Crippen molar-refractivity contribution < 1.29 is 9.53 Å². The number of amides is 1. The Morgan fingerprint density at radius 2 is 1.92 bits per heavy atom. The van der Waals surface area contributed by atoms with Gasteiger partial charge in [0, 0.05) is 16.5 Å². The molecule has 3 aromatic rings. The predicted octanol–water partition coefficient (Wildman–Crippen LogP) is 4.31. The topological polar surface area (TPSA) is 51.2 Å². The van der Waals surface area contributed by atoms with E-state index >= 15 is 0 Å². The molecule has 0 bridgehead atoms. The summed E-state index contributed by atoms with van der Waals surface area (Å²) in [6.45, 7) is 0.558. The fourth-order valence-corrected chi connectivity index (χ4v) is 3.60. The highest BCUT2D eigenvalue weighted by Gasteiger charge is 2.27. The van der Waals surface area contributed by atoms with Crippen molar-refractivity contribution in [2.75, 3.05) is 11.9 Å². The van der Waals surface area contributed by atoms with Crippen LogP contribution in [-0.2, 0) is 4.79 Å². The smallest absolute Gasteiger partial charge is 0.233 e. The van der Waals surface area contributed by atoms with Gasteiger partial charge < -0.3 is 10.1 Å². The van der Waals surface area contributed by atoms with Gasteiger partial charge in [-0.25, -0.2) is 4.98 Å². The molecule has 1 unspecified atom stereocenters. The van der Waals surface area contributed by atoms with Gasteiger partial charge >= 0.3 is 0 Å². The van der Waals surface area contributed by atoms with Gasteiger partial charge in [0.05, 0.1) is 18.2 Å². The lowest BCUT2D eigenvalue weighted by Crippen LogP contribution is -2.26. The van der Waals surface area contributed by atoms with E-state index in [1.54, 1.807) is 0 Å². The molecule has 0 aliphatic carbocycles. The zero-order valence-electron chi connectivity index (χ0n) is 12.9. The van der Waals surface area contributed by atoms with Gasteiger partial charge in [0.2, 0.25) is 5.91 Å². The van der Waals surface area contributed by atoms with Gasteiger partial charge in [0.25, 0.3) is 0 Å². The molecule has 4 nitrogen and oxygen atoms in total. The van der Waals surface area contributed by atoms with Crippen molar-refractivity contribution >= 4 is 22.4 Å². The van der Waals surface area contributed by atoms with Crippen LogP contribution in [0.4, 0.5) is 5.13 Å². The van der Waals surface area contributed by atoms with Crippen molar-refractivity contribution in [2.45, 2.75) is 12.3 Å². The standard InChI is InChI=1S/C19H16N2O2S/c22-18(15-10-11-23-17-9-5-4-8-14(15)17)21-19-20-16(12-24-19)13-6-2-1-3-7-13/h1-9,12,15H,10-11H2,(H,20,21,22). The number of para-hydroxylation sites is 1. The van der Waals surface area contributed by atoms with E-state index in [9.17, 15) is 4.79 Å². The number of hydrogen-bond donors (Lipinski definition) is 1. The van der Waals surface area contributed by atoms with Crippen molar-refractivity contribution in [2.24, 2.45) is 0 Å². The second-order valence-electron chi connectivity index (χ2n) is 5.62. The fourth-order valence-electron chi connectivity index (χ4n) is 2.88. The number of ether oxygens (including phenoxy) is 1. The minimum Gasteiger partial charge on any atom is -0.493 e. The molecule has 1 N–H and O–H groups in total. The molecule has 120 valence electrons. The normalized spacial score (nSPS) is 16.1. The third-order valence-electron chi connectivity index (χ3n) is 4.08. The molecule has 24 heavy (non-hydrogen) atoms. The summed E-state index contributed by atoms with van der Waals surface area (Å²) in [5.41, 5.74) is 2.87. The van der Waals surface area contributed by atoms with Gasteiger partial charge in [-0.15, -0.1) is 11.3 Å². The molecule has 1 aromatic heterocycles. The van der Waals surface area contributed by atoms with Crippen LogP contribution < -0.4 is 10.1 Å². The molecule has 1 amide bonds. The summed E-state index contributed by atoms with van der Waals surface area (Å²) in [6, 6.07) is 17.7. The van der Waals surface area contributed by atoms with Gasteiger partial charge in [-0.1, -0.05) is 48.5 Å². The minimum atomic E-state index is -0.195. The first-order valence-corrected chi connectivity index (χ1v) is 8.73. The zero-order chi connectivity index (χ0) is 16.4. The van der Waals surface area contributed by atoms with E-state index in [1.165, 1.54) is 11.3 Å². The van der Waals surface area contributed by atoms with E-state index in [0.29, 0.717) is 18.2 Å². The molecule has 5 heteroatoms. The molecular formula is C19H16N2O2S. The summed E-state index contributed by atoms with van der Waals surface area (Å²) < 4.78 is 5.62. The Balaban J connectivity index is 1.53. The first-order valence-electron chi connectivity index (χ1n) is 7.85. The Morgan fingerprint density at radius 1 is 1.12 bits per heavy atom. The maximum absolute atomic E-state index is 12.7. The van der Waals surface area contributed by atoms with Crippen LogP contribution in [0.15, 0.2) is 60.0 Å². The Bertz CT molecular complexity index is 861. The molecule has 2 aromatic carbocycles. The second kappa shape index (κ2) is 6.45. The van der Waals surface area contributed by atoms with Crippen molar-refractivity contribution in [3.05, 3.63) is 65.5 Å². The first-order chi connectivity index (χ1) is 11.8. The lowest BCUT2D eigenvalue weighted by Gasteiger charge is -2.24. The van der Waals surface area contributed by atoms with Crippen molar-refractivity contribution in [1.82, 2.24) is 4.98 Å². The third kappa shape index (κ3) is 2.90. The number of nitrogens with zero attached hydrogens (tertiary/aromatic N) is 1. The highest BCUT2D eigenvalue weighted by molar-refractivity contribution is 7.14. The van der Waals surface area contributed by atoms with Gasteiger partial charge in [-0.3, -0.25) is 4.79 Å². The molecule has 1 aliphatic heterocycles. The van der Waals surface area contributed by atoms with Gasteiger partial charge in [0.1, 0.15) is 5.75 Å². The highest BCUT2D eigenvalue weighted by atomic mass is 32.1. The number of carbonyl (C=O) groups is 1. The van der Waals surface area contributed by atoms with E-state index in [4.69, 9.17) is 4.74 Å². The van der Waals surface area contributed by atoms with Crippen molar-refractivity contribution in [3.63, 3.8) is 0 Å². The number of carbonyl (C=O) groups excluding carboxylic acids is 1. The number of rotatable bonds is 3. The summed E-state index contributed by atoms with van der Waals surface area (Å²) in [6.07, 6.45) is 0.680. The molecule has 1 aliphatic rings. The average Bonchev–Trinajstić information content (AvgIpc) is 3.10. The molecule has 4 rings (SSSR count). The molecule has 0 fully saturated rings. The van der Waals surface area contributed by atoms with Crippen LogP contribution in [-0.4, -0.2) is 17.5 Å². The van der Waals surface area contributed by atoms with Gasteiger partial charge in [0.15, 0.2) is 5.13 Å². The van der Waals surface area contributed by atoms with Crippen molar-refractivity contribution in [3.8, 4) is 17.0 Å². The SMILES string of the molecule is O=C(Nc1nc(-c2ccccc2)cs1)C1CCOc2ccccc21. The molecule has 0 radical (unpaired) electrons. The van der Waals surface area contributed by atoms with E-state index in [2.05, 4.69) is 10.3 Å². The Morgan fingerprint density at radius 3 is 2.79 bits per heavy atom. The number of hydrogen-bond acceptors (Lipinski definition) is 4. The third-order valence-corrected chi connectivity index (χ3v) is 4.84. The number of thiazole rings is 1. The van der Waals surface area contributed by atoms with E-state index in [1.807, 2.05) is 60.0 Å². The number of anilines is 1. The predicted molar refractivity (Wildman–Crippen MR) is 95.5 cm³/mol. The highest BCUT2D eigenvalue weighted by Crippen LogP contribution is 2.34. The molecule has 0 spiro atoms. The molecule has 0 saturated carbocycles. The summed E-state index contributed by atoms with van der Waals surface area (Å²) in [5.74, 6) is 0.576. The summed E-state index contributed by atoms with van der Waals surface area (Å²) in [4.78, 5) is 17.2. The maximum atomic E-state index is 12.7. The number of nitrogens with one attached hydrogen (secondary N) is 1. The van der Waals surface area contributed by atoms with Crippen LogP contribution >= 0.6 is 11.3 Å². The van der Waals surface area contributed by atoms with Crippen molar-refractivity contribution in [1.29, 1.82) is 0 Å². The second-order valence-corrected chi connectivity index (χ2v) is 6.48. The fraction of sp³-hybridized carbons (Fsp3) is 0.158. The molecule has 2 heterocycles. The van der Waals surface area contributed by atoms with Crippen LogP contribution in [0.1, 0.15) is 17.9 Å². The van der Waals surface area contributed by atoms with Crippen LogP contribution in [0.5, 0.6) is 5.75 Å². The largest absolute Gasteiger partial charge is 0.493 e. The van der Waals surface area contributed by atoms with Crippen LogP contribution in [0.3, 0.4) is 0 Å². The van der Waals surface area contributed by atoms with Crippen LogP contribution in [0.2, 0.25) is 0 Å². The summed E-state index contributed by atoms with van der Waals surface area (Å²) in [5, 5.41) is 5.54. The van der Waals surface area contributed by atoms with E-state index in [-0.39, 0.29) is 11.8 Å². The Kier molecular flexibility index (Phi) is 4.01. The summed E-state index contributed by atoms with van der Waals surface area (Å²) in [7, 11) is 0. The Labute approximate surface area is 144 Å². The average molecular weight is 336 g/mol. The first kappa shape index (κ1) is 14.9. The lowest BCUT2D eigenvalue weighted by atomic mass is 9.92. The maximum Gasteiger partial charge on any atom is 0.233 e. The monoisotopic (exact) mass is 336 g/mol. The van der Waals surface area contributed by atoms with E-state index in [0.717, 1.165) is 22.6 Å². The molecule has 1 atom stereocenters. The Hall–Kier alpha value is -2.66. The zero-order valence-corrected chi connectivity index (χ0v) is 13.8. The van der Waals surface area contributed by atoms with Gasteiger partial charge in [-0.2, -0.15) is 0 Å². The van der Waals surface area contributed by atoms with E-state index < -0.39 is 0 Å². The molecular weight excluding hydrogens is 320 g/mol. The number of fused-ring (bicyclic) bond motifs is 1. The quantitative estimate of drug-likeness (QED) is 0.775. The van der Waals surface area contributed by atoms with Crippen LogP contribution in [0.25, 0.3) is 11.3 Å². The lowest BCUT2D eigenvalue weighted by molar-refractivity contribution is -0.118. The minimum absolute atomic E-state index is 0.0280. The van der Waals surface area contributed by atoms with Gasteiger partial charge in [-0.05, 0) is 12.5 Å². The number of benzene rings is 2.